The van der Waals surface area contributed by atoms with E-state index < -0.39 is 0 Å². The van der Waals surface area contributed by atoms with Gasteiger partial charge in [-0.1, -0.05) is 19.1 Å². The van der Waals surface area contributed by atoms with Crippen molar-refractivity contribution < 1.29 is 4.79 Å². The Morgan fingerprint density at radius 3 is 3.00 bits per heavy atom. The minimum Gasteiger partial charge on any atom is -0.349 e. The maximum absolute atomic E-state index is 11.9. The van der Waals surface area contributed by atoms with E-state index in [1.54, 1.807) is 11.3 Å². The molecular formula is C14H19N3OS. The molecule has 0 saturated heterocycles. The second-order valence-electron chi connectivity index (χ2n) is 4.63. The summed E-state index contributed by atoms with van der Waals surface area (Å²) in [6.07, 6.45) is 1.72. The van der Waals surface area contributed by atoms with Crippen LogP contribution in [0, 0.1) is 5.92 Å². The number of benzene rings is 1. The first-order chi connectivity index (χ1) is 9.20. The van der Waals surface area contributed by atoms with Crippen molar-refractivity contribution in [1.82, 2.24) is 10.3 Å². The quantitative estimate of drug-likeness (QED) is 0.851. The Kier molecular flexibility index (Phi) is 4.87. The largest absolute Gasteiger partial charge is 0.349 e. The third-order valence-corrected chi connectivity index (χ3v) is 4.08. The van der Waals surface area contributed by atoms with Crippen molar-refractivity contribution in [2.24, 2.45) is 11.7 Å². The molecule has 1 atom stereocenters. The molecule has 4 nitrogen and oxygen atoms in total. The number of rotatable bonds is 6. The zero-order chi connectivity index (χ0) is 13.7. The summed E-state index contributed by atoms with van der Waals surface area (Å²) < 4.78 is 1.16. The van der Waals surface area contributed by atoms with Crippen molar-refractivity contribution in [2.45, 2.75) is 26.3 Å². The molecule has 1 aromatic carbocycles. The second-order valence-corrected chi connectivity index (χ2v) is 5.74. The molecule has 0 radical (unpaired) electrons. The molecule has 2 aromatic rings. The fraction of sp³-hybridized carbons (Fsp3) is 0.429. The maximum Gasteiger partial charge on any atom is 0.223 e. The minimum atomic E-state index is 0.0120. The van der Waals surface area contributed by atoms with E-state index in [2.05, 4.69) is 10.3 Å². The monoisotopic (exact) mass is 277 g/mol. The van der Waals surface area contributed by atoms with Crippen LogP contribution in [0.2, 0.25) is 0 Å². The molecule has 0 aliphatic heterocycles. The zero-order valence-electron chi connectivity index (χ0n) is 11.1. The van der Waals surface area contributed by atoms with Crippen LogP contribution in [0.4, 0.5) is 0 Å². The van der Waals surface area contributed by atoms with E-state index in [1.165, 1.54) is 0 Å². The van der Waals surface area contributed by atoms with Crippen LogP contribution in [0.1, 0.15) is 24.8 Å². The first-order valence-corrected chi connectivity index (χ1v) is 7.34. The fourth-order valence-electron chi connectivity index (χ4n) is 1.89. The van der Waals surface area contributed by atoms with E-state index in [4.69, 9.17) is 5.73 Å². The molecule has 0 bridgehead atoms. The molecule has 1 amide bonds. The van der Waals surface area contributed by atoms with Crippen molar-refractivity contribution in [2.75, 3.05) is 6.54 Å². The first-order valence-electron chi connectivity index (χ1n) is 6.53. The number of nitrogens with zero attached hydrogens (tertiary/aromatic N) is 1. The second kappa shape index (κ2) is 6.63. The topological polar surface area (TPSA) is 68.0 Å². The smallest absolute Gasteiger partial charge is 0.223 e. The molecule has 1 heterocycles. The van der Waals surface area contributed by atoms with Crippen LogP contribution in [-0.2, 0) is 11.3 Å². The molecule has 0 saturated carbocycles. The summed E-state index contributed by atoms with van der Waals surface area (Å²) in [7, 11) is 0. The summed E-state index contributed by atoms with van der Waals surface area (Å²) in [5.41, 5.74) is 6.44. The molecule has 3 N–H and O–H groups in total. The number of nitrogens with one attached hydrogen (secondary N) is 1. The molecule has 102 valence electrons. The molecule has 0 spiro atoms. The van der Waals surface area contributed by atoms with Crippen LogP contribution in [0.5, 0.6) is 0 Å². The van der Waals surface area contributed by atoms with Gasteiger partial charge in [-0.05, 0) is 31.5 Å². The van der Waals surface area contributed by atoms with Crippen LogP contribution >= 0.6 is 11.3 Å². The van der Waals surface area contributed by atoms with E-state index in [0.717, 1.165) is 28.1 Å². The summed E-state index contributed by atoms with van der Waals surface area (Å²) in [5, 5.41) is 3.88. The molecule has 0 aliphatic rings. The van der Waals surface area contributed by atoms with Gasteiger partial charge in [0.25, 0.3) is 0 Å². The maximum atomic E-state index is 11.9. The highest BCUT2D eigenvalue weighted by Crippen LogP contribution is 2.21. The van der Waals surface area contributed by atoms with Crippen LogP contribution in [-0.4, -0.2) is 17.4 Å². The lowest BCUT2D eigenvalue weighted by atomic mass is 10.1. The van der Waals surface area contributed by atoms with E-state index in [-0.39, 0.29) is 11.8 Å². The molecule has 1 aromatic heterocycles. The van der Waals surface area contributed by atoms with Gasteiger partial charge in [0, 0.05) is 5.92 Å². The van der Waals surface area contributed by atoms with E-state index in [9.17, 15) is 4.79 Å². The van der Waals surface area contributed by atoms with Gasteiger partial charge in [0.2, 0.25) is 5.91 Å². The van der Waals surface area contributed by atoms with Crippen molar-refractivity contribution in [3.8, 4) is 0 Å². The Hall–Kier alpha value is -1.46. The predicted molar refractivity (Wildman–Crippen MR) is 78.9 cm³/mol. The van der Waals surface area contributed by atoms with Gasteiger partial charge in [0.05, 0.1) is 16.8 Å². The molecule has 5 heteroatoms. The number of fused-ring (bicyclic) bond motifs is 1. The van der Waals surface area contributed by atoms with Gasteiger partial charge in [-0.15, -0.1) is 11.3 Å². The lowest BCUT2D eigenvalue weighted by Gasteiger charge is -2.10. The van der Waals surface area contributed by atoms with Gasteiger partial charge in [0.1, 0.15) is 5.01 Å². The first kappa shape index (κ1) is 14.0. The number of thiazole rings is 1. The number of hydrogen-bond acceptors (Lipinski definition) is 4. The van der Waals surface area contributed by atoms with Gasteiger partial charge in [-0.25, -0.2) is 4.98 Å². The Labute approximate surface area is 117 Å². The zero-order valence-corrected chi connectivity index (χ0v) is 11.9. The highest BCUT2D eigenvalue weighted by atomic mass is 32.1. The number of para-hydroxylation sites is 1. The SMILES string of the molecule is CC(CCCN)C(=O)NCc1nc2ccccc2s1. The molecule has 2 rings (SSSR count). The Bertz CT molecular complexity index is 519. The van der Waals surface area contributed by atoms with Gasteiger partial charge in [0.15, 0.2) is 0 Å². The molecule has 19 heavy (non-hydrogen) atoms. The summed E-state index contributed by atoms with van der Waals surface area (Å²) in [5.74, 6) is 0.0886. The number of amides is 1. The van der Waals surface area contributed by atoms with Gasteiger partial charge >= 0.3 is 0 Å². The van der Waals surface area contributed by atoms with Crippen molar-refractivity contribution >= 4 is 27.5 Å². The molecule has 0 aliphatic carbocycles. The predicted octanol–water partition coefficient (Wildman–Crippen LogP) is 2.29. The Morgan fingerprint density at radius 1 is 1.47 bits per heavy atom. The fourth-order valence-corrected chi connectivity index (χ4v) is 2.79. The van der Waals surface area contributed by atoms with Crippen molar-refractivity contribution in [3.63, 3.8) is 0 Å². The lowest BCUT2D eigenvalue weighted by molar-refractivity contribution is -0.124. The van der Waals surface area contributed by atoms with Crippen LogP contribution in [0.15, 0.2) is 24.3 Å². The number of nitrogens with two attached hydrogens (primary N) is 1. The highest BCUT2D eigenvalue weighted by Gasteiger charge is 2.12. The molecular weight excluding hydrogens is 258 g/mol. The summed E-state index contributed by atoms with van der Waals surface area (Å²) >= 11 is 1.62. The normalized spacial score (nSPS) is 12.5. The number of aromatic nitrogens is 1. The Balaban J connectivity index is 1.89. The van der Waals surface area contributed by atoms with Gasteiger partial charge in [-0.2, -0.15) is 0 Å². The average molecular weight is 277 g/mol. The van der Waals surface area contributed by atoms with Crippen LogP contribution < -0.4 is 11.1 Å². The number of hydrogen-bond donors (Lipinski definition) is 2. The molecule has 0 fully saturated rings. The number of carbonyl (C=O) groups is 1. The Morgan fingerprint density at radius 2 is 2.26 bits per heavy atom. The highest BCUT2D eigenvalue weighted by molar-refractivity contribution is 7.18. The van der Waals surface area contributed by atoms with Crippen molar-refractivity contribution in [3.05, 3.63) is 29.3 Å². The summed E-state index contributed by atoms with van der Waals surface area (Å²) in [6, 6.07) is 8.00. The standard InChI is InChI=1S/C14H19N3OS/c1-10(5-4-8-15)14(18)16-9-13-17-11-6-2-3-7-12(11)19-13/h2-3,6-7,10H,4-5,8-9,15H2,1H3,(H,16,18). The third kappa shape index (κ3) is 3.75. The van der Waals surface area contributed by atoms with Crippen LogP contribution in [0.25, 0.3) is 10.2 Å². The summed E-state index contributed by atoms with van der Waals surface area (Å²) in [6.45, 7) is 3.07. The van der Waals surface area contributed by atoms with Crippen molar-refractivity contribution in [1.29, 1.82) is 0 Å². The van der Waals surface area contributed by atoms with E-state index >= 15 is 0 Å². The van der Waals surface area contributed by atoms with E-state index in [1.807, 2.05) is 31.2 Å². The average Bonchev–Trinajstić information content (AvgIpc) is 2.84. The van der Waals surface area contributed by atoms with Gasteiger partial charge < -0.3 is 11.1 Å². The number of carbonyl (C=O) groups excluding carboxylic acids is 1. The lowest BCUT2D eigenvalue weighted by Crippen LogP contribution is -2.29. The molecule has 1 unspecified atom stereocenters. The third-order valence-electron chi connectivity index (χ3n) is 3.04. The van der Waals surface area contributed by atoms with Crippen LogP contribution in [0.3, 0.4) is 0 Å². The minimum absolute atomic E-state index is 0.0120. The van der Waals surface area contributed by atoms with E-state index in [0.29, 0.717) is 13.1 Å². The summed E-state index contributed by atoms with van der Waals surface area (Å²) in [4.78, 5) is 16.4. The van der Waals surface area contributed by atoms with Gasteiger partial charge in [-0.3, -0.25) is 4.79 Å².